The van der Waals surface area contributed by atoms with Crippen LogP contribution >= 0.6 is 11.6 Å². The van der Waals surface area contributed by atoms with E-state index >= 15 is 0 Å². The molecule has 1 aliphatic rings. The van der Waals surface area contributed by atoms with Gasteiger partial charge in [-0.15, -0.1) is 0 Å². The van der Waals surface area contributed by atoms with Crippen LogP contribution in [-0.4, -0.2) is 51.5 Å². The Morgan fingerprint density at radius 2 is 1.48 bits per heavy atom. The second-order valence-corrected chi connectivity index (χ2v) is 10.4. The van der Waals surface area contributed by atoms with Crippen LogP contribution in [0.15, 0.2) is 110 Å². The van der Waals surface area contributed by atoms with E-state index in [1.807, 2.05) is 89.8 Å². The molecule has 4 aromatic carbocycles. The Labute approximate surface area is 237 Å². The summed E-state index contributed by atoms with van der Waals surface area (Å²) in [5, 5.41) is 3.76. The number of rotatable bonds is 4. The van der Waals surface area contributed by atoms with Crippen LogP contribution in [0.25, 0.3) is 38.6 Å². The van der Waals surface area contributed by atoms with Crippen LogP contribution in [0, 0.1) is 0 Å². The normalized spacial score (nSPS) is 13.7. The van der Waals surface area contributed by atoms with Gasteiger partial charge >= 0.3 is 0 Å². The maximum atomic E-state index is 13.6. The monoisotopic (exact) mass is 543 g/mol. The molecule has 1 aliphatic heterocycles. The molecule has 40 heavy (non-hydrogen) atoms. The highest BCUT2D eigenvalue weighted by Gasteiger charge is 2.27. The lowest BCUT2D eigenvalue weighted by molar-refractivity contribution is 0.0748. The third-order valence-electron chi connectivity index (χ3n) is 7.64. The molecule has 1 fully saturated rings. The first-order valence-electron chi connectivity index (χ1n) is 13.4. The van der Waals surface area contributed by atoms with Crippen LogP contribution in [0.3, 0.4) is 0 Å². The van der Waals surface area contributed by atoms with Crippen molar-refractivity contribution in [2.24, 2.45) is 0 Å². The van der Waals surface area contributed by atoms with Gasteiger partial charge in [0.2, 0.25) is 0 Å². The number of hydrogen-bond donors (Lipinski definition) is 0. The van der Waals surface area contributed by atoms with Gasteiger partial charge in [-0.25, -0.2) is 9.97 Å². The number of hydrogen-bond acceptors (Lipinski definition) is 4. The summed E-state index contributed by atoms with van der Waals surface area (Å²) in [7, 11) is 0. The van der Waals surface area contributed by atoms with Gasteiger partial charge in [0.25, 0.3) is 5.91 Å². The highest BCUT2D eigenvalue weighted by molar-refractivity contribution is 6.30. The highest BCUT2D eigenvalue weighted by atomic mass is 35.5. The minimum Gasteiger partial charge on any atom is -0.352 e. The molecule has 0 bridgehead atoms. The first-order valence-corrected chi connectivity index (χ1v) is 13.7. The van der Waals surface area contributed by atoms with Crippen LogP contribution in [0.2, 0.25) is 5.02 Å². The van der Waals surface area contributed by atoms with E-state index in [1.54, 1.807) is 6.33 Å². The van der Waals surface area contributed by atoms with Gasteiger partial charge in [-0.1, -0.05) is 78.3 Å². The van der Waals surface area contributed by atoms with E-state index in [9.17, 15) is 4.79 Å². The van der Waals surface area contributed by atoms with Crippen molar-refractivity contribution < 1.29 is 4.79 Å². The van der Waals surface area contributed by atoms with E-state index < -0.39 is 0 Å². The summed E-state index contributed by atoms with van der Waals surface area (Å²) in [6.07, 6.45) is 3.76. The molecular weight excluding hydrogens is 518 g/mol. The molecule has 0 saturated carbocycles. The Hall–Kier alpha value is -4.68. The summed E-state index contributed by atoms with van der Waals surface area (Å²) in [6.45, 7) is 2.60. The van der Waals surface area contributed by atoms with Gasteiger partial charge in [-0.2, -0.15) is 0 Å². The molecule has 1 saturated heterocycles. The molecule has 3 heterocycles. The fraction of sp³-hybridized carbons (Fsp3) is 0.121. The number of aromatic nitrogens is 3. The molecule has 7 heteroatoms. The Kier molecular flexibility index (Phi) is 6.17. The van der Waals surface area contributed by atoms with Crippen LogP contribution in [-0.2, 0) is 0 Å². The molecule has 1 amide bonds. The van der Waals surface area contributed by atoms with Crippen molar-refractivity contribution >= 4 is 45.1 Å². The van der Waals surface area contributed by atoms with Gasteiger partial charge in [0.1, 0.15) is 12.1 Å². The van der Waals surface area contributed by atoms with Crippen LogP contribution in [0.5, 0.6) is 0 Å². The third kappa shape index (κ3) is 4.27. The van der Waals surface area contributed by atoms with E-state index in [0.717, 1.165) is 50.0 Å². The molecule has 7 rings (SSSR count). The average Bonchev–Trinajstić information content (AvgIpc) is 3.41. The molecule has 2 aromatic heterocycles. The maximum absolute atomic E-state index is 13.6. The third-order valence-corrected chi connectivity index (χ3v) is 7.89. The van der Waals surface area contributed by atoms with Crippen molar-refractivity contribution in [3.63, 3.8) is 0 Å². The number of piperazine rings is 1. The zero-order valence-corrected chi connectivity index (χ0v) is 22.5. The summed E-state index contributed by atoms with van der Waals surface area (Å²) in [4.78, 5) is 27.3. The molecule has 0 spiro atoms. The fourth-order valence-electron chi connectivity index (χ4n) is 5.62. The second-order valence-electron chi connectivity index (χ2n) is 9.96. The first kappa shape index (κ1) is 24.4. The van der Waals surface area contributed by atoms with Crippen LogP contribution in [0.4, 0.5) is 5.82 Å². The fourth-order valence-corrected chi connectivity index (χ4v) is 5.75. The first-order chi connectivity index (χ1) is 19.7. The van der Waals surface area contributed by atoms with Crippen LogP contribution < -0.4 is 4.90 Å². The van der Waals surface area contributed by atoms with Gasteiger partial charge in [0, 0.05) is 54.2 Å². The molecule has 0 aliphatic carbocycles. The largest absolute Gasteiger partial charge is 0.352 e. The molecule has 0 unspecified atom stereocenters. The number of halogens is 1. The molecule has 196 valence electrons. The predicted molar refractivity (Wildman–Crippen MR) is 161 cm³/mol. The lowest BCUT2D eigenvalue weighted by Gasteiger charge is -2.36. The number of anilines is 1. The van der Waals surface area contributed by atoms with Crippen molar-refractivity contribution in [2.45, 2.75) is 0 Å². The van der Waals surface area contributed by atoms with E-state index in [1.165, 1.54) is 0 Å². The second kappa shape index (κ2) is 10.1. The topological polar surface area (TPSA) is 54.3 Å². The molecule has 0 atom stereocenters. The van der Waals surface area contributed by atoms with Gasteiger partial charge < -0.3 is 14.4 Å². The Morgan fingerprint density at radius 3 is 2.27 bits per heavy atom. The van der Waals surface area contributed by atoms with Crippen molar-refractivity contribution in [3.05, 3.63) is 120 Å². The Balaban J connectivity index is 1.24. The van der Waals surface area contributed by atoms with Gasteiger partial charge in [-0.05, 0) is 46.7 Å². The zero-order chi connectivity index (χ0) is 27.1. The van der Waals surface area contributed by atoms with Crippen LogP contribution in [0.1, 0.15) is 10.4 Å². The minimum absolute atomic E-state index is 0.0724. The minimum atomic E-state index is 0.0724. The van der Waals surface area contributed by atoms with E-state index in [2.05, 4.69) is 27.8 Å². The summed E-state index contributed by atoms with van der Waals surface area (Å²) >= 11 is 6.18. The number of carbonyl (C=O) groups is 1. The smallest absolute Gasteiger partial charge is 0.254 e. The number of benzene rings is 4. The summed E-state index contributed by atoms with van der Waals surface area (Å²) in [6, 6.07) is 32.1. The standard InChI is InChI=1S/C33H26ClN5O/c34-25-13-15-26(16-14-25)39-21-29(24-7-2-1-3-8-24)30-31(35-22-36-32(30)39)37-17-19-38(20-18-37)33(40)28-12-6-10-23-9-4-5-11-27(23)28/h1-16,21-22H,17-20H2. The summed E-state index contributed by atoms with van der Waals surface area (Å²) in [5.41, 5.74) is 4.73. The SMILES string of the molecule is O=C(c1cccc2ccccc12)N1CCN(c2ncnc3c2c(-c2ccccc2)cn3-c2ccc(Cl)cc2)CC1. The van der Waals surface area contributed by atoms with E-state index in [-0.39, 0.29) is 5.91 Å². The van der Waals surface area contributed by atoms with E-state index in [4.69, 9.17) is 21.6 Å². The average molecular weight is 544 g/mol. The summed E-state index contributed by atoms with van der Waals surface area (Å²) in [5.74, 6) is 0.956. The lowest BCUT2D eigenvalue weighted by Crippen LogP contribution is -2.49. The maximum Gasteiger partial charge on any atom is 0.254 e. The lowest BCUT2D eigenvalue weighted by atomic mass is 10.0. The van der Waals surface area contributed by atoms with E-state index in [0.29, 0.717) is 31.2 Å². The molecule has 6 nitrogen and oxygen atoms in total. The molecule has 6 aromatic rings. The van der Waals surface area contributed by atoms with Gasteiger partial charge in [0.05, 0.1) is 5.39 Å². The zero-order valence-electron chi connectivity index (χ0n) is 21.7. The van der Waals surface area contributed by atoms with Crippen molar-refractivity contribution in [2.75, 3.05) is 31.1 Å². The predicted octanol–water partition coefficient (Wildman–Crippen LogP) is 6.86. The number of carbonyl (C=O) groups excluding carboxylic acids is 1. The number of amides is 1. The van der Waals surface area contributed by atoms with Crippen molar-refractivity contribution in [3.8, 4) is 16.8 Å². The quantitative estimate of drug-likeness (QED) is 0.244. The Morgan fingerprint density at radius 1 is 0.750 bits per heavy atom. The van der Waals surface area contributed by atoms with Gasteiger partial charge in [-0.3, -0.25) is 4.79 Å². The number of nitrogens with zero attached hydrogens (tertiary/aromatic N) is 5. The molecular formula is C33H26ClN5O. The molecule has 0 N–H and O–H groups in total. The Bertz CT molecular complexity index is 1840. The highest BCUT2D eigenvalue weighted by Crippen LogP contribution is 2.37. The van der Waals surface area contributed by atoms with Crippen molar-refractivity contribution in [1.29, 1.82) is 0 Å². The molecule has 0 radical (unpaired) electrons. The van der Waals surface area contributed by atoms with Gasteiger partial charge in [0.15, 0.2) is 5.65 Å². The van der Waals surface area contributed by atoms with Crippen molar-refractivity contribution in [1.82, 2.24) is 19.4 Å². The number of fused-ring (bicyclic) bond motifs is 2. The summed E-state index contributed by atoms with van der Waals surface area (Å²) < 4.78 is 2.10.